The molecule has 0 radical (unpaired) electrons. The molecule has 0 amide bonds. The molecule has 1 heterocycles. The van der Waals surface area contributed by atoms with Gasteiger partial charge in [0.25, 0.3) is 0 Å². The van der Waals surface area contributed by atoms with Crippen LogP contribution in [0, 0.1) is 0 Å². The van der Waals surface area contributed by atoms with Crippen LogP contribution < -0.4 is 0 Å². The Balaban J connectivity index is 2.21. The molecule has 0 fully saturated rings. The van der Waals surface area contributed by atoms with Crippen molar-refractivity contribution in [3.8, 4) is 0 Å². The smallest absolute Gasteiger partial charge is 0.0652 e. The summed E-state index contributed by atoms with van der Waals surface area (Å²) in [5.74, 6) is 0. The maximum atomic E-state index is 4.55. The average Bonchev–Trinajstić information content (AvgIpc) is 2.53. The lowest BCUT2D eigenvalue weighted by molar-refractivity contribution is 1.07. The van der Waals surface area contributed by atoms with E-state index in [-0.39, 0.29) is 0 Å². The van der Waals surface area contributed by atoms with Crippen molar-refractivity contribution in [3.63, 3.8) is 0 Å². The van der Waals surface area contributed by atoms with Gasteiger partial charge in [-0.3, -0.25) is 4.99 Å². The number of fused-ring (bicyclic) bond motifs is 1. The van der Waals surface area contributed by atoms with Gasteiger partial charge in [0.1, 0.15) is 0 Å². The highest BCUT2D eigenvalue weighted by atomic mass is 14.7. The molecule has 0 bridgehead atoms. The van der Waals surface area contributed by atoms with Crippen molar-refractivity contribution in [2.45, 2.75) is 13.5 Å². The van der Waals surface area contributed by atoms with Gasteiger partial charge in [-0.05, 0) is 30.2 Å². The highest BCUT2D eigenvalue weighted by Gasteiger charge is 2.01. The Kier molecular flexibility index (Phi) is 3.50. The fourth-order valence-electron chi connectivity index (χ4n) is 1.62. The van der Waals surface area contributed by atoms with Crippen LogP contribution in [0.15, 0.2) is 59.6 Å². The first-order valence-electron chi connectivity index (χ1n) is 5.50. The number of hydrogen-bond donors (Lipinski definition) is 0. The van der Waals surface area contributed by atoms with Gasteiger partial charge in [0.15, 0.2) is 0 Å². The summed E-state index contributed by atoms with van der Waals surface area (Å²) in [6, 6.07) is 8.37. The molecule has 0 atom stereocenters. The number of aliphatic imine (C=N–C) groups is 1. The van der Waals surface area contributed by atoms with Gasteiger partial charge in [-0.25, -0.2) is 0 Å². The van der Waals surface area contributed by atoms with Gasteiger partial charge in [0, 0.05) is 0 Å². The topological polar surface area (TPSA) is 12.4 Å². The van der Waals surface area contributed by atoms with Crippen LogP contribution in [0.1, 0.15) is 18.1 Å². The molecule has 0 aromatic heterocycles. The summed E-state index contributed by atoms with van der Waals surface area (Å²) in [5, 5.41) is 0. The predicted octanol–water partition coefficient (Wildman–Crippen LogP) is 3.79. The second-order valence-electron chi connectivity index (χ2n) is 3.66. The maximum Gasteiger partial charge on any atom is 0.0652 e. The lowest BCUT2D eigenvalue weighted by atomic mass is 10.1. The second-order valence-corrected chi connectivity index (χ2v) is 3.66. The molecule has 2 rings (SSSR count). The second kappa shape index (κ2) is 5.26. The Hall–Kier alpha value is -1.89. The largest absolute Gasteiger partial charge is 0.281 e. The minimum absolute atomic E-state index is 0.763. The third kappa shape index (κ3) is 2.57. The van der Waals surface area contributed by atoms with Crippen LogP contribution in [-0.4, -0.2) is 5.71 Å². The molecule has 1 aliphatic heterocycles. The van der Waals surface area contributed by atoms with Crippen LogP contribution in [0.3, 0.4) is 0 Å². The van der Waals surface area contributed by atoms with Crippen LogP contribution in [0.2, 0.25) is 0 Å². The Bertz CT molecular complexity index is 476. The molecule has 1 aromatic carbocycles. The zero-order chi connectivity index (χ0) is 11.2. The zero-order valence-corrected chi connectivity index (χ0v) is 9.43. The van der Waals surface area contributed by atoms with E-state index in [0.29, 0.717) is 0 Å². The van der Waals surface area contributed by atoms with E-state index >= 15 is 0 Å². The third-order valence-corrected chi connectivity index (χ3v) is 2.49. The van der Waals surface area contributed by atoms with E-state index in [9.17, 15) is 0 Å². The van der Waals surface area contributed by atoms with Crippen molar-refractivity contribution in [2.24, 2.45) is 4.99 Å². The van der Waals surface area contributed by atoms with E-state index in [4.69, 9.17) is 0 Å². The molecule has 0 N–H and O–H groups in total. The molecular weight excluding hydrogens is 194 g/mol. The van der Waals surface area contributed by atoms with Crippen molar-refractivity contribution >= 4 is 11.8 Å². The number of allylic oxidation sites excluding steroid dienone is 5. The highest BCUT2D eigenvalue weighted by Crippen LogP contribution is 2.15. The van der Waals surface area contributed by atoms with Crippen LogP contribution in [0.4, 0.5) is 0 Å². The van der Waals surface area contributed by atoms with Gasteiger partial charge < -0.3 is 0 Å². The Labute approximate surface area is 96.5 Å². The minimum atomic E-state index is 0.763. The monoisotopic (exact) mass is 209 g/mol. The minimum Gasteiger partial charge on any atom is -0.281 e. The molecular formula is C15H15N. The van der Waals surface area contributed by atoms with E-state index in [2.05, 4.69) is 41.4 Å². The molecule has 80 valence electrons. The zero-order valence-electron chi connectivity index (χ0n) is 9.43. The average molecular weight is 209 g/mol. The molecule has 16 heavy (non-hydrogen) atoms. The van der Waals surface area contributed by atoms with Crippen molar-refractivity contribution in [1.82, 2.24) is 0 Å². The first-order chi connectivity index (χ1) is 7.90. The summed E-state index contributed by atoms with van der Waals surface area (Å²) in [6.07, 6.45) is 12.2. The number of hydrogen-bond acceptors (Lipinski definition) is 1. The van der Waals surface area contributed by atoms with Crippen molar-refractivity contribution in [1.29, 1.82) is 0 Å². The fraction of sp³-hybridized carbons (Fsp3) is 0.133. The van der Waals surface area contributed by atoms with Gasteiger partial charge in [-0.15, -0.1) is 0 Å². The lowest BCUT2D eigenvalue weighted by Crippen LogP contribution is -1.87. The van der Waals surface area contributed by atoms with Gasteiger partial charge in [-0.1, -0.05) is 48.6 Å². The third-order valence-electron chi connectivity index (χ3n) is 2.49. The molecule has 1 heteroatoms. The standard InChI is InChI=1S/C15H15N/c1-2-3-4-9-15-11-10-13-7-5-6-8-14(13)12-16-15/h2-11H,12H2,1H3/b3-2-,9-4-. The van der Waals surface area contributed by atoms with E-state index in [0.717, 1.165) is 12.3 Å². The van der Waals surface area contributed by atoms with Crippen LogP contribution in [0.5, 0.6) is 0 Å². The van der Waals surface area contributed by atoms with Gasteiger partial charge in [-0.2, -0.15) is 0 Å². The fourth-order valence-corrected chi connectivity index (χ4v) is 1.62. The number of rotatable bonds is 2. The quantitative estimate of drug-likeness (QED) is 0.657. The first-order valence-corrected chi connectivity index (χ1v) is 5.50. The Morgan fingerprint density at radius 1 is 1.12 bits per heavy atom. The van der Waals surface area contributed by atoms with E-state index in [1.54, 1.807) is 0 Å². The van der Waals surface area contributed by atoms with Crippen molar-refractivity contribution < 1.29 is 0 Å². The number of benzene rings is 1. The molecule has 0 saturated carbocycles. The summed E-state index contributed by atoms with van der Waals surface area (Å²) in [5.41, 5.74) is 3.57. The molecule has 0 saturated heterocycles. The lowest BCUT2D eigenvalue weighted by Gasteiger charge is -1.99. The van der Waals surface area contributed by atoms with E-state index in [1.165, 1.54) is 11.1 Å². The Morgan fingerprint density at radius 2 is 2.00 bits per heavy atom. The molecule has 0 spiro atoms. The normalized spacial score (nSPS) is 15.2. The van der Waals surface area contributed by atoms with Crippen molar-refractivity contribution in [3.05, 3.63) is 65.8 Å². The Morgan fingerprint density at radius 3 is 2.88 bits per heavy atom. The van der Waals surface area contributed by atoms with Gasteiger partial charge >= 0.3 is 0 Å². The summed E-state index contributed by atoms with van der Waals surface area (Å²) in [7, 11) is 0. The molecule has 0 unspecified atom stereocenters. The van der Waals surface area contributed by atoms with Gasteiger partial charge in [0.2, 0.25) is 0 Å². The summed E-state index contributed by atoms with van der Waals surface area (Å²) in [4.78, 5) is 4.55. The van der Waals surface area contributed by atoms with E-state index < -0.39 is 0 Å². The van der Waals surface area contributed by atoms with Crippen LogP contribution in [-0.2, 0) is 6.54 Å². The van der Waals surface area contributed by atoms with Crippen LogP contribution in [0.25, 0.3) is 6.08 Å². The summed E-state index contributed by atoms with van der Waals surface area (Å²) in [6.45, 7) is 2.77. The highest BCUT2D eigenvalue weighted by molar-refractivity contribution is 6.07. The maximum absolute atomic E-state index is 4.55. The molecule has 1 nitrogen and oxygen atoms in total. The number of nitrogens with zero attached hydrogens (tertiary/aromatic N) is 1. The summed E-state index contributed by atoms with van der Waals surface area (Å²) >= 11 is 0. The van der Waals surface area contributed by atoms with Crippen molar-refractivity contribution in [2.75, 3.05) is 0 Å². The van der Waals surface area contributed by atoms with Crippen LogP contribution >= 0.6 is 0 Å². The SMILES string of the molecule is C/C=C\C=C/C1=NCc2ccccc2C=C1. The molecule has 1 aliphatic rings. The molecule has 0 aliphatic carbocycles. The summed E-state index contributed by atoms with van der Waals surface area (Å²) < 4.78 is 0. The predicted molar refractivity (Wildman–Crippen MR) is 70.6 cm³/mol. The first kappa shape index (κ1) is 10.6. The molecule has 1 aromatic rings. The van der Waals surface area contributed by atoms with Gasteiger partial charge in [0.05, 0.1) is 12.3 Å². The van der Waals surface area contributed by atoms with E-state index in [1.807, 2.05) is 31.2 Å².